The molecule has 3 rings (SSSR count). The quantitative estimate of drug-likeness (QED) is 0.814. The topological polar surface area (TPSA) is 51.3 Å². The van der Waals surface area contributed by atoms with Gasteiger partial charge in [0.2, 0.25) is 5.82 Å². The number of benzene rings is 1. The number of nitrogens with zero attached hydrogens (tertiary/aromatic N) is 5. The average molecular weight is 397 g/mol. The Morgan fingerprint density at radius 2 is 1.89 bits per heavy atom. The Balaban J connectivity index is 1.72. The minimum Gasteiger partial charge on any atom is -0.360 e. The lowest BCUT2D eigenvalue weighted by atomic mass is 10.1. The summed E-state index contributed by atoms with van der Waals surface area (Å²) in [6.45, 7) is 9.36. The molecular formula is C19H28F3N6+. The SMILES string of the molecule is CCC[C@@H](c1nnnn1C(C)C)[NH+]1CCN(c2cccc(C(F)(F)F)c2)CC1. The van der Waals surface area contributed by atoms with Crippen LogP contribution in [0.4, 0.5) is 18.9 Å². The van der Waals surface area contributed by atoms with E-state index in [0.717, 1.165) is 37.8 Å². The van der Waals surface area contributed by atoms with Gasteiger partial charge in [-0.3, -0.25) is 0 Å². The normalized spacial score (nSPS) is 17.3. The second-order valence-electron chi connectivity index (χ2n) is 7.61. The molecule has 9 heteroatoms. The van der Waals surface area contributed by atoms with Crippen LogP contribution in [0.15, 0.2) is 24.3 Å². The predicted octanol–water partition coefficient (Wildman–Crippen LogP) is 2.52. The zero-order valence-electron chi connectivity index (χ0n) is 16.6. The third kappa shape index (κ3) is 4.45. The number of piperazine rings is 1. The molecule has 2 aromatic rings. The van der Waals surface area contributed by atoms with E-state index in [1.165, 1.54) is 17.0 Å². The summed E-state index contributed by atoms with van der Waals surface area (Å²) >= 11 is 0. The van der Waals surface area contributed by atoms with Crippen molar-refractivity contribution in [3.8, 4) is 0 Å². The summed E-state index contributed by atoms with van der Waals surface area (Å²) < 4.78 is 40.9. The molecule has 1 aromatic heterocycles. The number of anilines is 1. The highest BCUT2D eigenvalue weighted by Crippen LogP contribution is 2.31. The lowest BCUT2D eigenvalue weighted by Gasteiger charge is -2.37. The van der Waals surface area contributed by atoms with Crippen molar-refractivity contribution in [1.29, 1.82) is 0 Å². The Kier molecular flexibility index (Phi) is 6.22. The molecule has 0 radical (unpaired) electrons. The Morgan fingerprint density at radius 1 is 1.18 bits per heavy atom. The number of aromatic nitrogens is 4. The number of quaternary nitrogens is 1. The van der Waals surface area contributed by atoms with Crippen molar-refractivity contribution in [2.24, 2.45) is 0 Å². The van der Waals surface area contributed by atoms with E-state index < -0.39 is 11.7 Å². The third-order valence-electron chi connectivity index (χ3n) is 5.33. The van der Waals surface area contributed by atoms with Gasteiger partial charge in [-0.05, 0) is 42.5 Å². The molecule has 6 nitrogen and oxygen atoms in total. The van der Waals surface area contributed by atoms with Gasteiger partial charge in [-0.1, -0.05) is 19.4 Å². The minimum atomic E-state index is -4.32. The van der Waals surface area contributed by atoms with Gasteiger partial charge in [0.05, 0.1) is 37.8 Å². The Labute approximate surface area is 163 Å². The Hall–Kier alpha value is -2.16. The van der Waals surface area contributed by atoms with E-state index in [2.05, 4.69) is 36.3 Å². The van der Waals surface area contributed by atoms with Crippen LogP contribution in [0.3, 0.4) is 0 Å². The Bertz CT molecular complexity index is 765. The fourth-order valence-corrected chi connectivity index (χ4v) is 3.88. The van der Waals surface area contributed by atoms with E-state index >= 15 is 0 Å². The number of alkyl halides is 3. The summed E-state index contributed by atoms with van der Waals surface area (Å²) in [4.78, 5) is 3.43. The van der Waals surface area contributed by atoms with Crippen molar-refractivity contribution in [3.63, 3.8) is 0 Å². The van der Waals surface area contributed by atoms with Gasteiger partial charge in [-0.15, -0.1) is 5.10 Å². The zero-order valence-corrected chi connectivity index (χ0v) is 16.6. The molecule has 1 N–H and O–H groups in total. The number of rotatable bonds is 6. The number of halogens is 3. The van der Waals surface area contributed by atoms with Gasteiger partial charge in [-0.25, -0.2) is 4.68 Å². The number of hydrogen-bond acceptors (Lipinski definition) is 4. The van der Waals surface area contributed by atoms with E-state index in [-0.39, 0.29) is 12.1 Å². The maximum atomic E-state index is 13.0. The first-order valence-electron chi connectivity index (χ1n) is 9.85. The summed E-state index contributed by atoms with van der Waals surface area (Å²) in [6, 6.07) is 5.99. The Morgan fingerprint density at radius 3 is 2.50 bits per heavy atom. The van der Waals surface area contributed by atoms with Crippen LogP contribution in [0.25, 0.3) is 0 Å². The summed E-state index contributed by atoms with van der Waals surface area (Å²) in [5.74, 6) is 0.902. The molecule has 0 saturated carbocycles. The summed E-state index contributed by atoms with van der Waals surface area (Å²) in [5.41, 5.74) is 0.0349. The number of hydrogen-bond donors (Lipinski definition) is 1. The molecule has 0 aliphatic carbocycles. The van der Waals surface area contributed by atoms with Gasteiger partial charge in [0, 0.05) is 12.1 Å². The van der Waals surface area contributed by atoms with Crippen LogP contribution in [0.2, 0.25) is 0 Å². The van der Waals surface area contributed by atoms with Gasteiger partial charge in [0.1, 0.15) is 6.04 Å². The first kappa shape index (κ1) is 20.6. The molecule has 154 valence electrons. The lowest BCUT2D eigenvalue weighted by molar-refractivity contribution is -0.933. The maximum absolute atomic E-state index is 13.0. The minimum absolute atomic E-state index is 0.190. The molecule has 0 bridgehead atoms. The van der Waals surface area contributed by atoms with Gasteiger partial charge < -0.3 is 9.80 Å². The van der Waals surface area contributed by atoms with Crippen molar-refractivity contribution in [2.75, 3.05) is 31.1 Å². The second kappa shape index (κ2) is 8.46. The van der Waals surface area contributed by atoms with Crippen LogP contribution < -0.4 is 9.80 Å². The standard InChI is InChI=1S/C19H27F3N6/c1-4-6-17(18-23-24-25-28(18)14(2)3)27-11-9-26(10-12-27)16-8-5-7-15(13-16)19(20,21)22/h5,7-8,13-14,17H,4,6,9-12H2,1-3H3/p+1/t17-/m0/s1. The second-order valence-corrected chi connectivity index (χ2v) is 7.61. The van der Waals surface area contributed by atoms with Gasteiger partial charge >= 0.3 is 6.18 Å². The predicted molar refractivity (Wildman–Crippen MR) is 100 cm³/mol. The number of nitrogens with one attached hydrogen (secondary N) is 1. The van der Waals surface area contributed by atoms with Crippen molar-refractivity contribution < 1.29 is 18.1 Å². The third-order valence-corrected chi connectivity index (χ3v) is 5.33. The first-order valence-corrected chi connectivity index (χ1v) is 9.85. The molecule has 0 unspecified atom stereocenters. The largest absolute Gasteiger partial charge is 0.416 e. The van der Waals surface area contributed by atoms with Gasteiger partial charge in [0.15, 0.2) is 0 Å². The smallest absolute Gasteiger partial charge is 0.360 e. The molecule has 1 saturated heterocycles. The maximum Gasteiger partial charge on any atom is 0.416 e. The summed E-state index contributed by atoms with van der Waals surface area (Å²) in [6.07, 6.45) is -2.31. The highest BCUT2D eigenvalue weighted by Gasteiger charge is 2.34. The molecule has 2 heterocycles. The molecule has 0 amide bonds. The molecule has 0 spiro atoms. The van der Waals surface area contributed by atoms with Crippen LogP contribution in [0.5, 0.6) is 0 Å². The molecule has 1 aliphatic heterocycles. The highest BCUT2D eigenvalue weighted by molar-refractivity contribution is 5.49. The molecule has 1 aliphatic rings. The van der Waals surface area contributed by atoms with E-state index in [4.69, 9.17) is 0 Å². The van der Waals surface area contributed by atoms with Crippen LogP contribution in [0, 0.1) is 0 Å². The first-order chi connectivity index (χ1) is 13.3. The molecule has 28 heavy (non-hydrogen) atoms. The number of tetrazole rings is 1. The zero-order chi connectivity index (χ0) is 20.3. The van der Waals surface area contributed by atoms with Crippen molar-refractivity contribution >= 4 is 5.69 Å². The lowest BCUT2D eigenvalue weighted by Crippen LogP contribution is -3.15. The summed E-state index contributed by atoms with van der Waals surface area (Å²) in [7, 11) is 0. The van der Waals surface area contributed by atoms with E-state index in [9.17, 15) is 13.2 Å². The highest BCUT2D eigenvalue weighted by atomic mass is 19.4. The molecule has 1 aromatic carbocycles. The van der Waals surface area contributed by atoms with Crippen LogP contribution >= 0.6 is 0 Å². The van der Waals surface area contributed by atoms with Crippen molar-refractivity contribution in [3.05, 3.63) is 35.7 Å². The van der Waals surface area contributed by atoms with Crippen LogP contribution in [-0.4, -0.2) is 46.4 Å². The molecule has 1 fully saturated rings. The van der Waals surface area contributed by atoms with Crippen molar-refractivity contribution in [2.45, 2.75) is 51.9 Å². The van der Waals surface area contributed by atoms with E-state index in [0.29, 0.717) is 18.8 Å². The van der Waals surface area contributed by atoms with Crippen molar-refractivity contribution in [1.82, 2.24) is 20.2 Å². The molecular weight excluding hydrogens is 369 g/mol. The van der Waals surface area contributed by atoms with Gasteiger partial charge in [-0.2, -0.15) is 13.2 Å². The molecule has 1 atom stereocenters. The average Bonchev–Trinajstić information content (AvgIpc) is 3.15. The fourth-order valence-electron chi connectivity index (χ4n) is 3.88. The van der Waals surface area contributed by atoms with Crippen LogP contribution in [-0.2, 0) is 6.18 Å². The van der Waals surface area contributed by atoms with E-state index in [1.54, 1.807) is 6.07 Å². The van der Waals surface area contributed by atoms with E-state index in [1.807, 2.05) is 9.58 Å². The summed E-state index contributed by atoms with van der Waals surface area (Å²) in [5, 5.41) is 12.3. The van der Waals surface area contributed by atoms with Crippen LogP contribution in [0.1, 0.15) is 57.1 Å². The van der Waals surface area contributed by atoms with Gasteiger partial charge in [0.25, 0.3) is 0 Å². The fraction of sp³-hybridized carbons (Fsp3) is 0.632. The monoisotopic (exact) mass is 397 g/mol.